The second-order valence-corrected chi connectivity index (χ2v) is 23.2. The van der Waals surface area contributed by atoms with E-state index in [0.29, 0.717) is 23.9 Å². The van der Waals surface area contributed by atoms with Gasteiger partial charge in [0.05, 0.1) is 27.7 Å². The number of ether oxygens (including phenoxy) is 2. The summed E-state index contributed by atoms with van der Waals surface area (Å²) in [5, 5.41) is 0. The number of unbranched alkanes of at least 4 members (excludes halogenated alkanes) is 40. The molecule has 0 amide bonds. The molecule has 1 N–H and O–H groups in total. The molecule has 0 heterocycles. The number of likely N-dealkylation sites (N-methyl/N-ethyl adjacent to an activating group) is 1. The van der Waals surface area contributed by atoms with Crippen molar-refractivity contribution in [2.75, 3.05) is 47.5 Å². The Morgan fingerprint density at radius 1 is 0.435 bits per heavy atom. The van der Waals surface area contributed by atoms with Crippen LogP contribution in [0.4, 0.5) is 0 Å². The Labute approximate surface area is 428 Å². The summed E-state index contributed by atoms with van der Waals surface area (Å²) in [6.45, 7) is 4.47. The first-order valence-electron chi connectivity index (χ1n) is 29.9. The number of phosphoric acid groups is 1. The smallest absolute Gasteiger partial charge is 0.462 e. The SMILES string of the molecule is CCCCCCCCCCCCCCCCCCCC/C=C/CCCC(=O)O[C@H](COC(=O)CCCCCCCCCCCCCCCCCCCCCCCC)COP(=O)(O)OCC[N+](C)(C)C. The molecular formula is C59H117NO8P+. The molecule has 0 fully saturated rings. The Morgan fingerprint density at radius 3 is 1.12 bits per heavy atom. The zero-order valence-corrected chi connectivity index (χ0v) is 47.5. The Kier molecular flexibility index (Phi) is 50.7. The lowest BCUT2D eigenvalue weighted by molar-refractivity contribution is -0.870. The molecule has 9 nitrogen and oxygen atoms in total. The van der Waals surface area contributed by atoms with E-state index in [2.05, 4.69) is 26.0 Å². The maximum Gasteiger partial charge on any atom is 0.472 e. The van der Waals surface area contributed by atoms with E-state index in [4.69, 9.17) is 18.5 Å². The monoisotopic (exact) mass is 999 g/mol. The standard InChI is InChI=1S/C59H116NO8P/c1-6-8-10-12-14-16-18-20-22-24-26-28-30-32-34-36-38-40-42-44-46-48-50-52-59(62)68-57(56-67-69(63,64)66-54-53-60(3,4)5)55-65-58(61)51-49-47-45-43-41-39-37-35-33-31-29-27-25-23-21-19-17-15-13-11-9-7-2/h44,46,57H,6-43,45,47-56H2,1-5H3/p+1/b46-44+/t57-/m1/s1. The molecule has 0 aromatic carbocycles. The fraction of sp³-hybridized carbons (Fsp3) is 0.932. The van der Waals surface area contributed by atoms with Crippen LogP contribution in [-0.4, -0.2) is 74.9 Å². The molecule has 0 aromatic heterocycles. The molecule has 0 saturated carbocycles. The maximum atomic E-state index is 12.8. The molecule has 0 aliphatic rings. The lowest BCUT2D eigenvalue weighted by atomic mass is 10.0. The highest BCUT2D eigenvalue weighted by Gasteiger charge is 2.27. The first-order chi connectivity index (χ1) is 33.5. The molecule has 0 rings (SSSR count). The summed E-state index contributed by atoms with van der Waals surface area (Å²) >= 11 is 0. The van der Waals surface area contributed by atoms with E-state index in [1.54, 1.807) is 0 Å². The van der Waals surface area contributed by atoms with Gasteiger partial charge in [-0.1, -0.05) is 270 Å². The molecule has 0 aromatic rings. The Hall–Kier alpha value is -1.25. The number of phosphoric ester groups is 1. The van der Waals surface area contributed by atoms with Gasteiger partial charge in [-0.3, -0.25) is 18.6 Å². The van der Waals surface area contributed by atoms with Gasteiger partial charge >= 0.3 is 19.8 Å². The predicted octanol–water partition coefficient (Wildman–Crippen LogP) is 18.4. The Bertz CT molecular complexity index is 1180. The molecule has 0 saturated heterocycles. The van der Waals surface area contributed by atoms with Gasteiger partial charge in [-0.25, -0.2) is 4.57 Å². The van der Waals surface area contributed by atoms with E-state index < -0.39 is 26.5 Å². The number of rotatable bonds is 56. The van der Waals surface area contributed by atoms with Crippen molar-refractivity contribution in [3.8, 4) is 0 Å². The van der Waals surface area contributed by atoms with Gasteiger partial charge in [-0.15, -0.1) is 0 Å². The van der Waals surface area contributed by atoms with Gasteiger partial charge in [-0.05, 0) is 32.1 Å². The third-order valence-corrected chi connectivity index (χ3v) is 14.5. The Morgan fingerprint density at radius 2 is 0.754 bits per heavy atom. The van der Waals surface area contributed by atoms with Crippen molar-refractivity contribution < 1.29 is 42.1 Å². The van der Waals surface area contributed by atoms with Crippen molar-refractivity contribution in [1.29, 1.82) is 0 Å². The summed E-state index contributed by atoms with van der Waals surface area (Å²) in [5.74, 6) is -0.814. The third kappa shape index (κ3) is 55.9. The Balaban J connectivity index is 4.13. The average Bonchev–Trinajstić information content (AvgIpc) is 3.31. The molecule has 0 bridgehead atoms. The largest absolute Gasteiger partial charge is 0.472 e. The summed E-state index contributed by atoms with van der Waals surface area (Å²) in [6.07, 6.45) is 60.1. The van der Waals surface area contributed by atoms with Crippen LogP contribution in [0.1, 0.15) is 303 Å². The topological polar surface area (TPSA) is 108 Å². The molecule has 410 valence electrons. The highest BCUT2D eigenvalue weighted by molar-refractivity contribution is 7.47. The number of quaternary nitrogens is 1. The molecule has 0 radical (unpaired) electrons. The van der Waals surface area contributed by atoms with Crippen molar-refractivity contribution in [2.24, 2.45) is 0 Å². The van der Waals surface area contributed by atoms with Gasteiger partial charge in [0.25, 0.3) is 0 Å². The van der Waals surface area contributed by atoms with Crippen LogP contribution in [0.2, 0.25) is 0 Å². The van der Waals surface area contributed by atoms with Crippen LogP contribution in [0.25, 0.3) is 0 Å². The number of carbonyl (C=O) groups is 2. The molecule has 0 aliphatic heterocycles. The van der Waals surface area contributed by atoms with Crippen LogP contribution in [-0.2, 0) is 32.7 Å². The second kappa shape index (κ2) is 51.6. The van der Waals surface area contributed by atoms with Crippen LogP contribution in [0, 0.1) is 0 Å². The quantitative estimate of drug-likeness (QED) is 0.0211. The molecule has 69 heavy (non-hydrogen) atoms. The van der Waals surface area contributed by atoms with Gasteiger partial charge in [0.15, 0.2) is 6.10 Å². The summed E-state index contributed by atoms with van der Waals surface area (Å²) < 4.78 is 34.6. The van der Waals surface area contributed by atoms with Crippen molar-refractivity contribution in [1.82, 2.24) is 0 Å². The number of carbonyl (C=O) groups excluding carboxylic acids is 2. The summed E-state index contributed by atoms with van der Waals surface area (Å²) in [4.78, 5) is 35.7. The van der Waals surface area contributed by atoms with Crippen molar-refractivity contribution in [2.45, 2.75) is 309 Å². The maximum absolute atomic E-state index is 12.8. The van der Waals surface area contributed by atoms with Crippen molar-refractivity contribution in [3.05, 3.63) is 12.2 Å². The highest BCUT2D eigenvalue weighted by Crippen LogP contribution is 2.43. The second-order valence-electron chi connectivity index (χ2n) is 21.7. The van der Waals surface area contributed by atoms with E-state index in [-0.39, 0.29) is 25.6 Å². The van der Waals surface area contributed by atoms with Crippen LogP contribution in [0.5, 0.6) is 0 Å². The number of nitrogens with zero attached hydrogens (tertiary/aromatic N) is 1. The van der Waals surface area contributed by atoms with Gasteiger partial charge in [0.1, 0.15) is 19.8 Å². The van der Waals surface area contributed by atoms with Crippen molar-refractivity contribution in [3.63, 3.8) is 0 Å². The van der Waals surface area contributed by atoms with Gasteiger partial charge in [0.2, 0.25) is 0 Å². The van der Waals surface area contributed by atoms with Gasteiger partial charge in [-0.2, -0.15) is 0 Å². The molecule has 0 spiro atoms. The first kappa shape index (κ1) is 67.8. The summed E-state index contributed by atoms with van der Waals surface area (Å²) in [6, 6.07) is 0. The molecule has 10 heteroatoms. The molecule has 2 atom stereocenters. The normalized spacial score (nSPS) is 13.3. The van der Waals surface area contributed by atoms with Crippen molar-refractivity contribution >= 4 is 19.8 Å². The fourth-order valence-electron chi connectivity index (χ4n) is 8.91. The average molecular weight is 1000 g/mol. The van der Waals surface area contributed by atoms with Crippen LogP contribution < -0.4 is 0 Å². The molecular weight excluding hydrogens is 882 g/mol. The van der Waals surface area contributed by atoms with E-state index in [1.165, 1.54) is 238 Å². The third-order valence-electron chi connectivity index (χ3n) is 13.5. The number of hydrogen-bond acceptors (Lipinski definition) is 7. The van der Waals surface area contributed by atoms with Crippen LogP contribution in [0.3, 0.4) is 0 Å². The minimum absolute atomic E-state index is 0.0311. The lowest BCUT2D eigenvalue weighted by Crippen LogP contribution is -2.37. The predicted molar refractivity (Wildman–Crippen MR) is 294 cm³/mol. The van der Waals surface area contributed by atoms with Crippen LogP contribution in [0.15, 0.2) is 12.2 Å². The lowest BCUT2D eigenvalue weighted by Gasteiger charge is -2.24. The van der Waals surface area contributed by atoms with Gasteiger partial charge < -0.3 is 18.9 Å². The van der Waals surface area contributed by atoms with E-state index in [9.17, 15) is 19.0 Å². The number of hydrogen-bond donors (Lipinski definition) is 1. The summed E-state index contributed by atoms with van der Waals surface area (Å²) in [7, 11) is 1.48. The highest BCUT2D eigenvalue weighted by atomic mass is 31.2. The van der Waals surface area contributed by atoms with E-state index >= 15 is 0 Å². The minimum atomic E-state index is -4.39. The number of allylic oxidation sites excluding steroid dienone is 2. The van der Waals surface area contributed by atoms with Crippen LogP contribution >= 0.6 is 7.82 Å². The zero-order chi connectivity index (χ0) is 50.6. The zero-order valence-electron chi connectivity index (χ0n) is 46.6. The van der Waals surface area contributed by atoms with E-state index in [0.717, 1.165) is 32.1 Å². The van der Waals surface area contributed by atoms with Gasteiger partial charge in [0, 0.05) is 12.8 Å². The fourth-order valence-corrected chi connectivity index (χ4v) is 9.65. The minimum Gasteiger partial charge on any atom is -0.462 e. The molecule has 1 unspecified atom stereocenters. The molecule has 0 aliphatic carbocycles. The first-order valence-corrected chi connectivity index (χ1v) is 31.4. The van der Waals surface area contributed by atoms with E-state index in [1.807, 2.05) is 21.1 Å². The summed E-state index contributed by atoms with van der Waals surface area (Å²) in [5.41, 5.74) is 0. The number of esters is 2.